The van der Waals surface area contributed by atoms with E-state index in [2.05, 4.69) is 17.2 Å². The second-order valence-corrected chi connectivity index (χ2v) is 5.80. The molecule has 4 nitrogen and oxygen atoms in total. The van der Waals surface area contributed by atoms with E-state index in [0.717, 1.165) is 24.1 Å². The largest absolute Gasteiger partial charge is 0.477 e. The summed E-state index contributed by atoms with van der Waals surface area (Å²) in [7, 11) is 0. The quantitative estimate of drug-likeness (QED) is 0.802. The van der Waals surface area contributed by atoms with Crippen molar-refractivity contribution in [1.82, 2.24) is 9.78 Å². The number of hydrogen-bond donors (Lipinski definition) is 1. The highest BCUT2D eigenvalue weighted by atomic mass is 16.4. The normalized spacial score (nSPS) is 13.0. The maximum atomic E-state index is 11.6. The van der Waals surface area contributed by atoms with E-state index in [4.69, 9.17) is 0 Å². The predicted molar refractivity (Wildman–Crippen MR) is 88.0 cm³/mol. The Kier molecular flexibility index (Phi) is 3.23. The number of benzene rings is 2. The molecule has 0 saturated carbocycles. The van der Waals surface area contributed by atoms with Gasteiger partial charge in [0.15, 0.2) is 5.69 Å². The molecule has 1 aliphatic carbocycles. The van der Waals surface area contributed by atoms with Gasteiger partial charge in [-0.1, -0.05) is 30.3 Å². The molecule has 2 aromatic carbocycles. The van der Waals surface area contributed by atoms with Crippen LogP contribution in [-0.2, 0) is 12.8 Å². The first-order valence-corrected chi connectivity index (χ1v) is 7.73. The van der Waals surface area contributed by atoms with Gasteiger partial charge in [0.25, 0.3) is 0 Å². The molecule has 0 saturated heterocycles. The van der Waals surface area contributed by atoms with Gasteiger partial charge in [-0.05, 0) is 54.7 Å². The SMILES string of the molecule is O=C(O)c1cc(-c2ccc3c(c2)CCC3)nn1-c1ccccc1. The van der Waals surface area contributed by atoms with Crippen molar-refractivity contribution in [2.75, 3.05) is 0 Å². The van der Waals surface area contributed by atoms with Gasteiger partial charge >= 0.3 is 5.97 Å². The summed E-state index contributed by atoms with van der Waals surface area (Å²) in [6.07, 6.45) is 3.42. The van der Waals surface area contributed by atoms with Crippen LogP contribution in [0.3, 0.4) is 0 Å². The highest BCUT2D eigenvalue weighted by Gasteiger charge is 2.18. The van der Waals surface area contributed by atoms with Crippen LogP contribution in [-0.4, -0.2) is 20.9 Å². The van der Waals surface area contributed by atoms with E-state index in [1.54, 1.807) is 6.07 Å². The summed E-state index contributed by atoms with van der Waals surface area (Å²) in [6, 6.07) is 17.3. The van der Waals surface area contributed by atoms with Crippen LogP contribution in [0.2, 0.25) is 0 Å². The fourth-order valence-electron chi connectivity index (χ4n) is 3.17. The summed E-state index contributed by atoms with van der Waals surface area (Å²) in [4.78, 5) is 11.6. The molecule has 0 spiro atoms. The Morgan fingerprint density at radius 1 is 1.00 bits per heavy atom. The molecule has 0 aliphatic heterocycles. The van der Waals surface area contributed by atoms with Crippen molar-refractivity contribution in [3.63, 3.8) is 0 Å². The number of aromatic nitrogens is 2. The number of para-hydroxylation sites is 1. The van der Waals surface area contributed by atoms with E-state index in [0.29, 0.717) is 5.69 Å². The number of carboxylic acid groups (broad SMARTS) is 1. The van der Waals surface area contributed by atoms with Crippen LogP contribution in [0.1, 0.15) is 28.0 Å². The number of carbonyl (C=O) groups is 1. The summed E-state index contributed by atoms with van der Waals surface area (Å²) in [5, 5.41) is 14.0. The maximum Gasteiger partial charge on any atom is 0.354 e. The van der Waals surface area contributed by atoms with E-state index in [1.807, 2.05) is 36.4 Å². The summed E-state index contributed by atoms with van der Waals surface area (Å²) in [5.74, 6) is -0.978. The third-order valence-electron chi connectivity index (χ3n) is 4.32. The van der Waals surface area contributed by atoms with Gasteiger partial charge < -0.3 is 5.11 Å². The highest BCUT2D eigenvalue weighted by Crippen LogP contribution is 2.28. The molecule has 1 aliphatic rings. The molecule has 0 fully saturated rings. The van der Waals surface area contributed by atoms with Crippen molar-refractivity contribution in [2.45, 2.75) is 19.3 Å². The van der Waals surface area contributed by atoms with E-state index in [-0.39, 0.29) is 5.69 Å². The van der Waals surface area contributed by atoms with Crippen molar-refractivity contribution in [3.05, 3.63) is 71.4 Å². The van der Waals surface area contributed by atoms with Gasteiger partial charge in [0.05, 0.1) is 11.4 Å². The van der Waals surface area contributed by atoms with E-state index >= 15 is 0 Å². The average Bonchev–Trinajstić information content (AvgIpc) is 3.22. The molecule has 4 heteroatoms. The number of fused-ring (bicyclic) bond motifs is 1. The Labute approximate surface area is 134 Å². The van der Waals surface area contributed by atoms with Crippen LogP contribution in [0.4, 0.5) is 0 Å². The molecule has 0 amide bonds. The highest BCUT2D eigenvalue weighted by molar-refractivity contribution is 5.88. The Morgan fingerprint density at radius 2 is 1.78 bits per heavy atom. The number of carboxylic acids is 1. The van der Waals surface area contributed by atoms with Crippen molar-refractivity contribution >= 4 is 5.97 Å². The zero-order valence-corrected chi connectivity index (χ0v) is 12.6. The molecule has 0 radical (unpaired) electrons. The number of nitrogens with zero attached hydrogens (tertiary/aromatic N) is 2. The second-order valence-electron chi connectivity index (χ2n) is 5.80. The fourth-order valence-corrected chi connectivity index (χ4v) is 3.17. The Bertz CT molecular complexity index is 882. The first-order chi connectivity index (χ1) is 11.2. The minimum Gasteiger partial charge on any atom is -0.477 e. The predicted octanol–water partition coefficient (Wildman–Crippen LogP) is 3.73. The van der Waals surface area contributed by atoms with Crippen LogP contribution in [0, 0.1) is 0 Å². The van der Waals surface area contributed by atoms with Crippen molar-refractivity contribution < 1.29 is 9.90 Å². The van der Waals surface area contributed by atoms with Crippen molar-refractivity contribution in [3.8, 4) is 16.9 Å². The summed E-state index contributed by atoms with van der Waals surface area (Å²) < 4.78 is 1.49. The lowest BCUT2D eigenvalue weighted by Gasteiger charge is -2.04. The third kappa shape index (κ3) is 2.42. The van der Waals surface area contributed by atoms with E-state index < -0.39 is 5.97 Å². The van der Waals surface area contributed by atoms with Crippen LogP contribution >= 0.6 is 0 Å². The molecule has 0 unspecified atom stereocenters. The minimum atomic E-state index is -0.978. The summed E-state index contributed by atoms with van der Waals surface area (Å²) in [6.45, 7) is 0. The average molecular weight is 304 g/mol. The molecule has 0 bridgehead atoms. The van der Waals surface area contributed by atoms with Gasteiger partial charge in [0, 0.05) is 5.56 Å². The zero-order valence-electron chi connectivity index (χ0n) is 12.6. The molecule has 1 aromatic heterocycles. The van der Waals surface area contributed by atoms with E-state index in [1.165, 1.54) is 22.2 Å². The molecule has 23 heavy (non-hydrogen) atoms. The first kappa shape index (κ1) is 13.8. The monoisotopic (exact) mass is 304 g/mol. The summed E-state index contributed by atoms with van der Waals surface area (Å²) >= 11 is 0. The van der Waals surface area contributed by atoms with Gasteiger partial charge in [-0.25, -0.2) is 9.48 Å². The Hall–Kier alpha value is -2.88. The third-order valence-corrected chi connectivity index (χ3v) is 4.32. The Morgan fingerprint density at radius 3 is 2.57 bits per heavy atom. The van der Waals surface area contributed by atoms with Gasteiger partial charge in [0.2, 0.25) is 0 Å². The second kappa shape index (κ2) is 5.39. The fraction of sp³-hybridized carbons (Fsp3) is 0.158. The first-order valence-electron chi connectivity index (χ1n) is 7.73. The van der Waals surface area contributed by atoms with Crippen LogP contribution < -0.4 is 0 Å². The van der Waals surface area contributed by atoms with Crippen molar-refractivity contribution in [1.29, 1.82) is 0 Å². The molecule has 1 N–H and O–H groups in total. The molecule has 114 valence electrons. The molecular formula is C19H16N2O2. The van der Waals surface area contributed by atoms with Gasteiger partial charge in [-0.3, -0.25) is 0 Å². The lowest BCUT2D eigenvalue weighted by Crippen LogP contribution is -2.07. The van der Waals surface area contributed by atoms with Crippen LogP contribution in [0.25, 0.3) is 16.9 Å². The standard InChI is InChI=1S/C19H16N2O2/c22-19(23)18-12-17(20-21(18)16-7-2-1-3-8-16)15-10-9-13-5-4-6-14(13)11-15/h1-3,7-12H,4-6H2,(H,22,23). The van der Waals surface area contributed by atoms with Gasteiger partial charge in [0.1, 0.15) is 0 Å². The minimum absolute atomic E-state index is 0.173. The number of aryl methyl sites for hydroxylation is 2. The van der Waals surface area contributed by atoms with Gasteiger partial charge in [-0.15, -0.1) is 0 Å². The number of rotatable bonds is 3. The zero-order chi connectivity index (χ0) is 15.8. The van der Waals surface area contributed by atoms with Crippen LogP contribution in [0.5, 0.6) is 0 Å². The summed E-state index contributed by atoms with van der Waals surface area (Å²) in [5.41, 5.74) is 5.34. The molecule has 3 aromatic rings. The Balaban J connectivity index is 1.83. The van der Waals surface area contributed by atoms with Gasteiger partial charge in [-0.2, -0.15) is 5.10 Å². The molecule has 0 atom stereocenters. The molecule has 1 heterocycles. The lowest BCUT2D eigenvalue weighted by molar-refractivity contribution is 0.0687. The maximum absolute atomic E-state index is 11.6. The molecular weight excluding hydrogens is 288 g/mol. The van der Waals surface area contributed by atoms with E-state index in [9.17, 15) is 9.90 Å². The van der Waals surface area contributed by atoms with Crippen molar-refractivity contribution in [2.24, 2.45) is 0 Å². The molecule has 4 rings (SSSR count). The van der Waals surface area contributed by atoms with Crippen LogP contribution in [0.15, 0.2) is 54.6 Å². The topological polar surface area (TPSA) is 55.1 Å². The lowest BCUT2D eigenvalue weighted by atomic mass is 10.0. The smallest absolute Gasteiger partial charge is 0.354 e. The number of aromatic carboxylic acids is 1. The number of hydrogen-bond acceptors (Lipinski definition) is 2.